The number of hydrogen-bond acceptors (Lipinski definition) is 3. The molecule has 16 heavy (non-hydrogen) atoms. The lowest BCUT2D eigenvalue weighted by Crippen LogP contribution is -2.33. The molecule has 0 aromatic carbocycles. The van der Waals surface area contributed by atoms with E-state index in [-0.39, 0.29) is 0 Å². The first-order valence-electron chi connectivity index (χ1n) is 6.04. The Hall–Kier alpha value is -0.480. The summed E-state index contributed by atoms with van der Waals surface area (Å²) in [5.74, 6) is 0. The zero-order valence-corrected chi connectivity index (χ0v) is 10.8. The molecular formula is C12H21N3S. The van der Waals surface area contributed by atoms with E-state index in [9.17, 15) is 0 Å². The molecule has 0 aliphatic heterocycles. The Balaban J connectivity index is 2.11. The Morgan fingerprint density at radius 3 is 2.81 bits per heavy atom. The molecule has 3 nitrogen and oxygen atoms in total. The van der Waals surface area contributed by atoms with Crippen molar-refractivity contribution in [3.05, 3.63) is 18.2 Å². The van der Waals surface area contributed by atoms with E-state index in [1.54, 1.807) is 0 Å². The maximum absolute atomic E-state index is 5.72. The fourth-order valence-corrected chi connectivity index (χ4v) is 3.56. The van der Waals surface area contributed by atoms with Crippen LogP contribution in [0.4, 0.5) is 0 Å². The largest absolute Gasteiger partial charge is 0.332 e. The molecule has 2 N–H and O–H groups in total. The van der Waals surface area contributed by atoms with E-state index < -0.39 is 0 Å². The number of nitrogens with two attached hydrogens (primary N) is 1. The Morgan fingerprint density at radius 1 is 1.44 bits per heavy atom. The van der Waals surface area contributed by atoms with E-state index in [1.165, 1.54) is 32.1 Å². The van der Waals surface area contributed by atoms with Crippen molar-refractivity contribution in [1.29, 1.82) is 0 Å². The molecule has 0 amide bonds. The van der Waals surface area contributed by atoms with Gasteiger partial charge in [-0.1, -0.05) is 19.3 Å². The predicted octanol–water partition coefficient (Wildman–Crippen LogP) is 2.41. The molecule has 1 aliphatic rings. The van der Waals surface area contributed by atoms with Crippen LogP contribution in [0.2, 0.25) is 0 Å². The third-order valence-corrected chi connectivity index (χ3v) is 5.07. The van der Waals surface area contributed by atoms with Gasteiger partial charge in [-0.15, -0.1) is 0 Å². The summed E-state index contributed by atoms with van der Waals surface area (Å²) in [4.78, 5) is 4.20. The van der Waals surface area contributed by atoms with Crippen LogP contribution < -0.4 is 5.73 Å². The molecule has 0 bridgehead atoms. The lowest BCUT2D eigenvalue weighted by molar-refractivity contribution is 0.355. The molecule has 1 aromatic heterocycles. The summed E-state index contributed by atoms with van der Waals surface area (Å²) in [5, 5.41) is 0. The molecule has 0 saturated heterocycles. The van der Waals surface area contributed by atoms with Crippen molar-refractivity contribution in [2.75, 3.05) is 6.26 Å². The van der Waals surface area contributed by atoms with Gasteiger partial charge in [0.1, 0.15) is 0 Å². The molecule has 0 spiro atoms. The summed E-state index contributed by atoms with van der Waals surface area (Å²) in [6, 6.07) is 0. The molecule has 0 radical (unpaired) electrons. The Morgan fingerprint density at radius 2 is 2.19 bits per heavy atom. The van der Waals surface area contributed by atoms with Crippen LogP contribution in [0.1, 0.15) is 37.8 Å². The van der Waals surface area contributed by atoms with Crippen molar-refractivity contribution in [2.24, 2.45) is 5.73 Å². The van der Waals surface area contributed by atoms with Crippen LogP contribution in [0.3, 0.4) is 0 Å². The number of hydrogen-bond donors (Lipinski definition) is 1. The summed E-state index contributed by atoms with van der Waals surface area (Å²) >= 11 is 2.02. The van der Waals surface area contributed by atoms with Gasteiger partial charge in [0.25, 0.3) is 0 Å². The first kappa shape index (κ1) is 12.0. The van der Waals surface area contributed by atoms with Crippen LogP contribution in [0.25, 0.3) is 0 Å². The average molecular weight is 239 g/mol. The van der Waals surface area contributed by atoms with Crippen LogP contribution in [0.15, 0.2) is 12.5 Å². The molecule has 4 heteroatoms. The smallest absolute Gasteiger partial charge is 0.0949 e. The van der Waals surface area contributed by atoms with Gasteiger partial charge < -0.3 is 10.3 Å². The van der Waals surface area contributed by atoms with E-state index in [0.717, 1.165) is 12.2 Å². The van der Waals surface area contributed by atoms with Crippen LogP contribution >= 0.6 is 11.8 Å². The van der Waals surface area contributed by atoms with Gasteiger partial charge in [-0.3, -0.25) is 0 Å². The van der Waals surface area contributed by atoms with Crippen molar-refractivity contribution >= 4 is 11.8 Å². The van der Waals surface area contributed by atoms with Crippen molar-refractivity contribution in [3.8, 4) is 0 Å². The highest BCUT2D eigenvalue weighted by Gasteiger charge is 2.31. The summed E-state index contributed by atoms with van der Waals surface area (Å²) in [5.41, 5.74) is 6.87. The summed E-state index contributed by atoms with van der Waals surface area (Å²) < 4.78 is 2.66. The average Bonchev–Trinajstić information content (AvgIpc) is 2.77. The van der Waals surface area contributed by atoms with Gasteiger partial charge >= 0.3 is 0 Å². The number of thioether (sulfide) groups is 1. The minimum Gasteiger partial charge on any atom is -0.332 e. The van der Waals surface area contributed by atoms with Gasteiger partial charge in [0.05, 0.1) is 12.0 Å². The highest BCUT2D eigenvalue weighted by Crippen LogP contribution is 2.40. The molecule has 1 aliphatic carbocycles. The highest BCUT2D eigenvalue weighted by molar-refractivity contribution is 8.00. The summed E-state index contributed by atoms with van der Waals surface area (Å²) in [6.07, 6.45) is 12.8. The minimum absolute atomic E-state index is 0.420. The maximum atomic E-state index is 5.72. The van der Waals surface area contributed by atoms with Crippen molar-refractivity contribution in [2.45, 2.75) is 49.9 Å². The molecule has 0 unspecified atom stereocenters. The quantitative estimate of drug-likeness (QED) is 0.877. The monoisotopic (exact) mass is 239 g/mol. The molecular weight excluding hydrogens is 218 g/mol. The standard InChI is InChI=1S/C12H21N3S/c1-16-12(5-3-2-4-6-12)9-15-10-14-8-11(15)7-13/h8,10H,2-7,9,13H2,1H3. The second-order valence-corrected chi connectivity index (χ2v) is 5.94. The Bertz CT molecular complexity index is 329. The normalized spacial score (nSPS) is 19.9. The lowest BCUT2D eigenvalue weighted by Gasteiger charge is -2.36. The molecule has 90 valence electrons. The van der Waals surface area contributed by atoms with E-state index in [2.05, 4.69) is 15.8 Å². The van der Waals surface area contributed by atoms with Gasteiger partial charge in [0.15, 0.2) is 0 Å². The first-order valence-corrected chi connectivity index (χ1v) is 7.26. The Labute approximate surface area is 102 Å². The van der Waals surface area contributed by atoms with Crippen molar-refractivity contribution in [3.63, 3.8) is 0 Å². The second kappa shape index (κ2) is 5.23. The lowest BCUT2D eigenvalue weighted by atomic mass is 9.88. The molecule has 1 aromatic rings. The fourth-order valence-electron chi connectivity index (χ4n) is 2.59. The first-order chi connectivity index (χ1) is 7.79. The summed E-state index contributed by atoms with van der Waals surface area (Å²) in [7, 11) is 0. The molecule has 1 saturated carbocycles. The third kappa shape index (κ3) is 2.43. The van der Waals surface area contributed by atoms with Crippen molar-refractivity contribution in [1.82, 2.24) is 9.55 Å². The van der Waals surface area contributed by atoms with E-state index >= 15 is 0 Å². The highest BCUT2D eigenvalue weighted by atomic mass is 32.2. The molecule has 1 heterocycles. The van der Waals surface area contributed by atoms with E-state index in [0.29, 0.717) is 11.3 Å². The fraction of sp³-hybridized carbons (Fsp3) is 0.750. The maximum Gasteiger partial charge on any atom is 0.0949 e. The third-order valence-electron chi connectivity index (χ3n) is 3.66. The minimum atomic E-state index is 0.420. The topological polar surface area (TPSA) is 43.8 Å². The SMILES string of the molecule is CSC1(Cn2cncc2CN)CCCCC1. The van der Waals surface area contributed by atoms with Gasteiger partial charge in [-0.25, -0.2) is 4.98 Å². The molecule has 0 atom stereocenters. The van der Waals surface area contributed by atoms with Crippen molar-refractivity contribution < 1.29 is 0 Å². The van der Waals surface area contributed by atoms with Crippen LogP contribution in [-0.2, 0) is 13.1 Å². The molecule has 2 rings (SSSR count). The molecule has 1 fully saturated rings. The number of aromatic nitrogens is 2. The number of nitrogens with zero attached hydrogens (tertiary/aromatic N) is 2. The van der Waals surface area contributed by atoms with Gasteiger partial charge in [0.2, 0.25) is 0 Å². The zero-order chi connectivity index (χ0) is 11.4. The van der Waals surface area contributed by atoms with Crippen LogP contribution in [0, 0.1) is 0 Å². The van der Waals surface area contributed by atoms with E-state index in [4.69, 9.17) is 5.73 Å². The Kier molecular flexibility index (Phi) is 3.92. The van der Waals surface area contributed by atoms with Gasteiger partial charge in [-0.05, 0) is 19.1 Å². The summed E-state index contributed by atoms with van der Waals surface area (Å²) in [6.45, 7) is 1.66. The second-order valence-electron chi connectivity index (χ2n) is 4.66. The van der Waals surface area contributed by atoms with E-state index in [1.807, 2.05) is 24.3 Å². The number of rotatable bonds is 4. The van der Waals surface area contributed by atoms with Gasteiger partial charge in [0, 0.05) is 24.0 Å². The zero-order valence-electron chi connectivity index (χ0n) is 9.98. The van der Waals surface area contributed by atoms with Crippen LogP contribution in [0.5, 0.6) is 0 Å². The van der Waals surface area contributed by atoms with Crippen LogP contribution in [-0.4, -0.2) is 20.6 Å². The number of imidazole rings is 1. The predicted molar refractivity (Wildman–Crippen MR) is 69.4 cm³/mol. The van der Waals surface area contributed by atoms with Gasteiger partial charge in [-0.2, -0.15) is 11.8 Å².